The number of piperidine rings is 1. The standard InChI is InChI=1S/C25H25FN4O4S/c1-17(31)30(22-10-6-5-9-21(22)26)25-28-20(16-35-25)15-34-23(32)18-11-13-29(14-12-18)24(33)27-19-7-3-2-4-8-19/h2-10,16,18H,11-15H2,1H3,(H,27,33). The highest BCUT2D eigenvalue weighted by molar-refractivity contribution is 7.14. The molecule has 0 saturated carbocycles. The molecular weight excluding hydrogens is 471 g/mol. The maximum absolute atomic E-state index is 14.2. The van der Waals surface area contributed by atoms with Crippen LogP contribution in [0.2, 0.25) is 0 Å². The van der Waals surface area contributed by atoms with Crippen LogP contribution in [0.4, 0.5) is 25.7 Å². The van der Waals surface area contributed by atoms with Crippen molar-refractivity contribution < 1.29 is 23.5 Å². The Hall–Kier alpha value is -3.79. The van der Waals surface area contributed by atoms with Gasteiger partial charge in [-0.05, 0) is 37.1 Å². The number of para-hydroxylation sites is 2. The molecular formula is C25H25FN4O4S. The molecule has 1 aliphatic rings. The van der Waals surface area contributed by atoms with Gasteiger partial charge < -0.3 is 15.0 Å². The van der Waals surface area contributed by atoms with Crippen LogP contribution in [0.1, 0.15) is 25.5 Å². The number of amides is 3. The van der Waals surface area contributed by atoms with Gasteiger partial charge in [-0.1, -0.05) is 30.3 Å². The summed E-state index contributed by atoms with van der Waals surface area (Å²) < 4.78 is 19.7. The molecule has 2 heterocycles. The zero-order chi connectivity index (χ0) is 24.8. The number of benzene rings is 2. The third kappa shape index (κ3) is 6.02. The zero-order valence-corrected chi connectivity index (χ0v) is 20.0. The van der Waals surface area contributed by atoms with Crippen LogP contribution in [-0.4, -0.2) is 40.9 Å². The van der Waals surface area contributed by atoms with Gasteiger partial charge in [0, 0.05) is 31.1 Å². The number of likely N-dealkylation sites (tertiary alicyclic amines) is 1. The summed E-state index contributed by atoms with van der Waals surface area (Å²) in [6.07, 6.45) is 1.02. The highest BCUT2D eigenvalue weighted by atomic mass is 32.1. The van der Waals surface area contributed by atoms with Crippen molar-refractivity contribution >= 4 is 45.8 Å². The van der Waals surface area contributed by atoms with E-state index < -0.39 is 5.82 Å². The van der Waals surface area contributed by atoms with Crippen molar-refractivity contribution in [2.24, 2.45) is 5.92 Å². The fourth-order valence-corrected chi connectivity index (χ4v) is 4.68. The molecule has 1 saturated heterocycles. The van der Waals surface area contributed by atoms with Gasteiger partial charge in [-0.15, -0.1) is 11.3 Å². The minimum atomic E-state index is -0.533. The number of esters is 1. The molecule has 0 unspecified atom stereocenters. The number of thiazole rings is 1. The predicted molar refractivity (Wildman–Crippen MR) is 131 cm³/mol. The SMILES string of the molecule is CC(=O)N(c1nc(COC(=O)C2CCN(C(=O)Nc3ccccc3)CC2)cs1)c1ccccc1F. The van der Waals surface area contributed by atoms with Gasteiger partial charge in [-0.3, -0.25) is 14.5 Å². The smallest absolute Gasteiger partial charge is 0.321 e. The van der Waals surface area contributed by atoms with Crippen LogP contribution in [-0.2, 0) is 20.9 Å². The lowest BCUT2D eigenvalue weighted by atomic mass is 9.97. The van der Waals surface area contributed by atoms with E-state index in [-0.39, 0.29) is 36.1 Å². The Labute approximate surface area is 206 Å². The highest BCUT2D eigenvalue weighted by Crippen LogP contribution is 2.31. The van der Waals surface area contributed by atoms with Crippen molar-refractivity contribution in [3.8, 4) is 0 Å². The predicted octanol–water partition coefficient (Wildman–Crippen LogP) is 4.95. The molecule has 0 atom stereocenters. The van der Waals surface area contributed by atoms with Crippen molar-refractivity contribution in [3.05, 3.63) is 71.5 Å². The Morgan fingerprint density at radius 3 is 2.49 bits per heavy atom. The number of carbonyl (C=O) groups excluding carboxylic acids is 3. The summed E-state index contributed by atoms with van der Waals surface area (Å²) in [5, 5.41) is 4.82. The van der Waals surface area contributed by atoms with Gasteiger partial charge in [0.05, 0.1) is 17.3 Å². The number of nitrogens with one attached hydrogen (secondary N) is 1. The number of urea groups is 1. The highest BCUT2D eigenvalue weighted by Gasteiger charge is 2.29. The second kappa shape index (κ2) is 11.1. The van der Waals surface area contributed by atoms with Crippen LogP contribution in [0.15, 0.2) is 60.0 Å². The molecule has 35 heavy (non-hydrogen) atoms. The molecule has 0 radical (unpaired) electrons. The molecule has 3 amide bonds. The maximum Gasteiger partial charge on any atom is 0.321 e. The minimum Gasteiger partial charge on any atom is -0.459 e. The van der Waals surface area contributed by atoms with E-state index in [1.54, 1.807) is 22.4 Å². The summed E-state index contributed by atoms with van der Waals surface area (Å²) in [7, 11) is 0. The van der Waals surface area contributed by atoms with Crippen molar-refractivity contribution in [1.82, 2.24) is 9.88 Å². The van der Waals surface area contributed by atoms with E-state index >= 15 is 0 Å². The number of nitrogens with zero attached hydrogens (tertiary/aromatic N) is 3. The average molecular weight is 497 g/mol. The lowest BCUT2D eigenvalue weighted by molar-refractivity contribution is -0.151. The van der Waals surface area contributed by atoms with Crippen LogP contribution in [0.25, 0.3) is 0 Å². The van der Waals surface area contributed by atoms with E-state index in [4.69, 9.17) is 4.74 Å². The molecule has 182 valence electrons. The molecule has 0 spiro atoms. The third-order valence-electron chi connectivity index (χ3n) is 5.64. The van der Waals surface area contributed by atoms with Crippen molar-refractivity contribution in [3.63, 3.8) is 0 Å². The molecule has 4 rings (SSSR count). The Morgan fingerprint density at radius 1 is 1.11 bits per heavy atom. The first-order valence-corrected chi connectivity index (χ1v) is 12.1. The molecule has 1 aromatic heterocycles. The molecule has 2 aromatic carbocycles. The van der Waals surface area contributed by atoms with E-state index in [9.17, 15) is 18.8 Å². The van der Waals surface area contributed by atoms with E-state index in [1.807, 2.05) is 30.3 Å². The van der Waals surface area contributed by atoms with Gasteiger partial charge in [-0.25, -0.2) is 14.2 Å². The van der Waals surface area contributed by atoms with Crippen LogP contribution in [0.3, 0.4) is 0 Å². The first-order valence-electron chi connectivity index (χ1n) is 11.2. The Morgan fingerprint density at radius 2 is 1.80 bits per heavy atom. The minimum absolute atomic E-state index is 0.0486. The number of halogens is 1. The Kier molecular flexibility index (Phi) is 7.71. The first-order chi connectivity index (χ1) is 16.9. The second-order valence-electron chi connectivity index (χ2n) is 8.09. The molecule has 3 aromatic rings. The largest absolute Gasteiger partial charge is 0.459 e. The van der Waals surface area contributed by atoms with E-state index in [2.05, 4.69) is 10.3 Å². The van der Waals surface area contributed by atoms with Crippen molar-refractivity contribution in [2.45, 2.75) is 26.4 Å². The monoisotopic (exact) mass is 496 g/mol. The van der Waals surface area contributed by atoms with Gasteiger partial charge in [0.2, 0.25) is 5.91 Å². The number of hydrogen-bond donors (Lipinski definition) is 1. The lowest BCUT2D eigenvalue weighted by Gasteiger charge is -2.30. The molecule has 0 aliphatic carbocycles. The molecule has 1 N–H and O–H groups in total. The third-order valence-corrected chi connectivity index (χ3v) is 6.52. The van der Waals surface area contributed by atoms with E-state index in [0.29, 0.717) is 36.8 Å². The van der Waals surface area contributed by atoms with Crippen LogP contribution in [0, 0.1) is 11.7 Å². The van der Waals surface area contributed by atoms with Gasteiger partial charge >= 0.3 is 12.0 Å². The van der Waals surface area contributed by atoms with Gasteiger partial charge in [0.25, 0.3) is 0 Å². The quantitative estimate of drug-likeness (QED) is 0.488. The van der Waals surface area contributed by atoms with Crippen molar-refractivity contribution in [1.29, 1.82) is 0 Å². The Bertz CT molecular complexity index is 1190. The fraction of sp³-hybridized carbons (Fsp3) is 0.280. The summed E-state index contributed by atoms with van der Waals surface area (Å²) in [5.74, 6) is -1.56. The molecule has 1 fully saturated rings. The van der Waals surface area contributed by atoms with Crippen molar-refractivity contribution in [2.75, 3.05) is 23.3 Å². The fourth-order valence-electron chi connectivity index (χ4n) is 3.81. The van der Waals surface area contributed by atoms with Gasteiger partial charge in [0.15, 0.2) is 5.13 Å². The number of ether oxygens (including phenoxy) is 1. The van der Waals surface area contributed by atoms with E-state index in [0.717, 1.165) is 5.69 Å². The normalized spacial score (nSPS) is 13.8. The maximum atomic E-state index is 14.2. The number of hydrogen-bond acceptors (Lipinski definition) is 6. The summed E-state index contributed by atoms with van der Waals surface area (Å²) >= 11 is 1.17. The topological polar surface area (TPSA) is 91.8 Å². The zero-order valence-electron chi connectivity index (χ0n) is 19.1. The molecule has 10 heteroatoms. The van der Waals surface area contributed by atoms with Gasteiger partial charge in [-0.2, -0.15) is 0 Å². The molecule has 1 aliphatic heterocycles. The van der Waals surface area contributed by atoms with E-state index in [1.165, 1.54) is 35.3 Å². The Balaban J connectivity index is 1.28. The number of aromatic nitrogens is 1. The van der Waals surface area contributed by atoms with Crippen LogP contribution >= 0.6 is 11.3 Å². The molecule has 8 nitrogen and oxygen atoms in total. The second-order valence-corrected chi connectivity index (χ2v) is 8.93. The summed E-state index contributed by atoms with van der Waals surface area (Å²) in [6.45, 7) is 2.19. The average Bonchev–Trinajstić information content (AvgIpc) is 3.33. The number of rotatable bonds is 6. The number of anilines is 3. The van der Waals surface area contributed by atoms with Gasteiger partial charge in [0.1, 0.15) is 12.4 Å². The number of carbonyl (C=O) groups is 3. The molecule has 0 bridgehead atoms. The van der Waals surface area contributed by atoms with Crippen LogP contribution in [0.5, 0.6) is 0 Å². The lowest BCUT2D eigenvalue weighted by Crippen LogP contribution is -2.42. The summed E-state index contributed by atoms with van der Waals surface area (Å²) in [4.78, 5) is 44.4. The summed E-state index contributed by atoms with van der Waals surface area (Å²) in [5.41, 5.74) is 1.31. The van der Waals surface area contributed by atoms with Crippen LogP contribution < -0.4 is 10.2 Å². The summed E-state index contributed by atoms with van der Waals surface area (Å²) in [6, 6.07) is 15.0. The first kappa shape index (κ1) is 24.3.